The lowest BCUT2D eigenvalue weighted by Gasteiger charge is -2.24. The molecule has 0 aliphatic rings. The van der Waals surface area contributed by atoms with Gasteiger partial charge < -0.3 is 16.3 Å². The molecule has 0 rings (SSSR count). The van der Waals surface area contributed by atoms with E-state index in [1.165, 1.54) is 0 Å². The Morgan fingerprint density at radius 2 is 2.25 bits per heavy atom. The van der Waals surface area contributed by atoms with E-state index in [9.17, 15) is 0 Å². The van der Waals surface area contributed by atoms with Crippen LogP contribution >= 0.6 is 0 Å². The summed E-state index contributed by atoms with van der Waals surface area (Å²) in [5, 5.41) is 15.0. The number of oxime groups is 1. The Morgan fingerprint density at radius 1 is 1.62 bits per heavy atom. The van der Waals surface area contributed by atoms with Gasteiger partial charge in [0.2, 0.25) is 0 Å². The standard InChI is InChI=1S/C12H23N3O/c1-5-7-10(6-2)14-9-8-12(3,4)11(13)15-16/h1,10,14,16H,6-9H2,2-4H3,(H2,13,15). The summed E-state index contributed by atoms with van der Waals surface area (Å²) in [5.74, 6) is 2.91. The van der Waals surface area contributed by atoms with Crippen molar-refractivity contribution in [2.75, 3.05) is 6.54 Å². The SMILES string of the molecule is C#CCC(CC)NCCC(C)(C)C(N)=NO. The molecule has 0 bridgehead atoms. The Morgan fingerprint density at radius 3 is 2.69 bits per heavy atom. The van der Waals surface area contributed by atoms with E-state index in [0.717, 1.165) is 25.8 Å². The molecule has 16 heavy (non-hydrogen) atoms. The molecule has 4 nitrogen and oxygen atoms in total. The zero-order valence-corrected chi connectivity index (χ0v) is 10.5. The molecule has 1 unspecified atom stereocenters. The average molecular weight is 225 g/mol. The summed E-state index contributed by atoms with van der Waals surface area (Å²) in [7, 11) is 0. The highest BCUT2D eigenvalue weighted by molar-refractivity contribution is 5.85. The summed E-state index contributed by atoms with van der Waals surface area (Å²) < 4.78 is 0. The van der Waals surface area contributed by atoms with Gasteiger partial charge in [-0.15, -0.1) is 12.3 Å². The first kappa shape index (κ1) is 14.8. The molecule has 0 aromatic carbocycles. The molecule has 0 amide bonds. The number of amidine groups is 1. The highest BCUT2D eigenvalue weighted by Crippen LogP contribution is 2.19. The second kappa shape index (κ2) is 7.13. The summed E-state index contributed by atoms with van der Waals surface area (Å²) in [6, 6.07) is 0.355. The Kier molecular flexibility index (Phi) is 6.59. The van der Waals surface area contributed by atoms with Gasteiger partial charge in [0.05, 0.1) is 0 Å². The quantitative estimate of drug-likeness (QED) is 0.202. The van der Waals surface area contributed by atoms with E-state index < -0.39 is 0 Å². The Bertz CT molecular complexity index is 266. The largest absolute Gasteiger partial charge is 0.409 e. The van der Waals surface area contributed by atoms with Gasteiger partial charge in [-0.05, 0) is 19.4 Å². The molecule has 4 heteroatoms. The van der Waals surface area contributed by atoms with Crippen LogP contribution in [-0.2, 0) is 0 Å². The second-order valence-corrected chi connectivity index (χ2v) is 4.59. The third kappa shape index (κ3) is 5.04. The van der Waals surface area contributed by atoms with Crippen LogP contribution in [0.5, 0.6) is 0 Å². The first-order chi connectivity index (χ1) is 7.47. The topological polar surface area (TPSA) is 70.6 Å². The minimum Gasteiger partial charge on any atom is -0.409 e. The highest BCUT2D eigenvalue weighted by Gasteiger charge is 2.23. The van der Waals surface area contributed by atoms with E-state index in [2.05, 4.69) is 23.3 Å². The van der Waals surface area contributed by atoms with Gasteiger partial charge in [-0.25, -0.2) is 0 Å². The van der Waals surface area contributed by atoms with Crippen molar-refractivity contribution in [3.05, 3.63) is 0 Å². The minimum atomic E-state index is -0.295. The zero-order chi connectivity index (χ0) is 12.6. The van der Waals surface area contributed by atoms with Crippen LogP contribution in [0.3, 0.4) is 0 Å². The molecule has 92 valence electrons. The summed E-state index contributed by atoms with van der Waals surface area (Å²) in [6.45, 7) is 6.81. The lowest BCUT2D eigenvalue weighted by molar-refractivity contribution is 0.304. The van der Waals surface area contributed by atoms with Gasteiger partial charge in [0.15, 0.2) is 0 Å². The minimum absolute atomic E-state index is 0.263. The monoisotopic (exact) mass is 225 g/mol. The molecule has 0 aliphatic carbocycles. The second-order valence-electron chi connectivity index (χ2n) is 4.59. The smallest absolute Gasteiger partial charge is 0.144 e. The summed E-state index contributed by atoms with van der Waals surface area (Å²) in [5.41, 5.74) is 5.30. The van der Waals surface area contributed by atoms with Crippen LogP contribution in [0.2, 0.25) is 0 Å². The molecular formula is C12H23N3O. The predicted molar refractivity (Wildman–Crippen MR) is 67.3 cm³/mol. The molecule has 0 aromatic heterocycles. The summed E-state index contributed by atoms with van der Waals surface area (Å²) in [4.78, 5) is 0. The van der Waals surface area contributed by atoms with Crippen molar-refractivity contribution in [3.8, 4) is 12.3 Å². The highest BCUT2D eigenvalue weighted by atomic mass is 16.4. The maximum absolute atomic E-state index is 8.63. The van der Waals surface area contributed by atoms with Gasteiger partial charge in [0.1, 0.15) is 5.84 Å². The molecule has 0 saturated heterocycles. The lowest BCUT2D eigenvalue weighted by atomic mass is 9.88. The molecule has 1 atom stereocenters. The number of hydrogen-bond acceptors (Lipinski definition) is 3. The molecule has 0 saturated carbocycles. The molecule has 0 spiro atoms. The van der Waals surface area contributed by atoms with Crippen LogP contribution in [0, 0.1) is 17.8 Å². The third-order valence-electron chi connectivity index (χ3n) is 2.84. The van der Waals surface area contributed by atoms with Crippen molar-refractivity contribution in [1.29, 1.82) is 0 Å². The van der Waals surface area contributed by atoms with E-state index in [1.54, 1.807) is 0 Å². The van der Waals surface area contributed by atoms with Crippen LogP contribution in [0.25, 0.3) is 0 Å². The van der Waals surface area contributed by atoms with Gasteiger partial charge in [-0.2, -0.15) is 0 Å². The van der Waals surface area contributed by atoms with Crippen LogP contribution < -0.4 is 11.1 Å². The number of hydrogen-bond donors (Lipinski definition) is 3. The number of rotatable bonds is 7. The fourth-order valence-electron chi connectivity index (χ4n) is 1.36. The number of nitrogens with one attached hydrogen (secondary N) is 1. The Labute approximate surface area is 98.3 Å². The van der Waals surface area contributed by atoms with E-state index in [0.29, 0.717) is 6.04 Å². The first-order valence-electron chi connectivity index (χ1n) is 5.62. The molecule has 0 aliphatic heterocycles. The van der Waals surface area contributed by atoms with E-state index in [1.807, 2.05) is 13.8 Å². The van der Waals surface area contributed by atoms with Gasteiger partial charge in [-0.1, -0.05) is 25.9 Å². The molecule has 0 fully saturated rings. The van der Waals surface area contributed by atoms with Gasteiger partial charge in [0.25, 0.3) is 0 Å². The fourth-order valence-corrected chi connectivity index (χ4v) is 1.36. The van der Waals surface area contributed by atoms with E-state index in [-0.39, 0.29) is 11.3 Å². The van der Waals surface area contributed by atoms with E-state index >= 15 is 0 Å². The van der Waals surface area contributed by atoms with Crippen LogP contribution in [0.1, 0.15) is 40.0 Å². The van der Waals surface area contributed by atoms with Crippen molar-refractivity contribution in [2.45, 2.75) is 46.1 Å². The maximum Gasteiger partial charge on any atom is 0.144 e. The first-order valence-corrected chi connectivity index (χ1v) is 5.62. The van der Waals surface area contributed by atoms with Crippen molar-refractivity contribution < 1.29 is 5.21 Å². The van der Waals surface area contributed by atoms with Crippen LogP contribution in [0.15, 0.2) is 5.16 Å². The van der Waals surface area contributed by atoms with Crippen LogP contribution in [-0.4, -0.2) is 23.6 Å². The summed E-state index contributed by atoms with van der Waals surface area (Å²) >= 11 is 0. The zero-order valence-electron chi connectivity index (χ0n) is 10.5. The Balaban J connectivity index is 4.02. The van der Waals surface area contributed by atoms with Crippen molar-refractivity contribution in [1.82, 2.24) is 5.32 Å². The van der Waals surface area contributed by atoms with Crippen molar-refractivity contribution in [3.63, 3.8) is 0 Å². The molecular weight excluding hydrogens is 202 g/mol. The maximum atomic E-state index is 8.63. The molecule has 0 heterocycles. The molecule has 4 N–H and O–H groups in total. The predicted octanol–water partition coefficient (Wildman–Crippen LogP) is 1.54. The van der Waals surface area contributed by atoms with Gasteiger partial charge in [-0.3, -0.25) is 0 Å². The number of terminal acetylenes is 1. The number of nitrogens with zero attached hydrogens (tertiary/aromatic N) is 1. The van der Waals surface area contributed by atoms with Gasteiger partial charge in [0, 0.05) is 17.9 Å². The lowest BCUT2D eigenvalue weighted by Crippen LogP contribution is -2.37. The summed E-state index contributed by atoms with van der Waals surface area (Å²) in [6.07, 6.45) is 7.82. The molecule has 0 radical (unpaired) electrons. The van der Waals surface area contributed by atoms with Crippen molar-refractivity contribution >= 4 is 5.84 Å². The van der Waals surface area contributed by atoms with Crippen molar-refractivity contribution in [2.24, 2.45) is 16.3 Å². The average Bonchev–Trinajstić information content (AvgIpc) is 2.26. The fraction of sp³-hybridized carbons (Fsp3) is 0.750. The van der Waals surface area contributed by atoms with Crippen LogP contribution in [0.4, 0.5) is 0 Å². The van der Waals surface area contributed by atoms with Gasteiger partial charge >= 0.3 is 0 Å². The Hall–Kier alpha value is -1.21. The third-order valence-corrected chi connectivity index (χ3v) is 2.84. The molecule has 0 aromatic rings. The number of nitrogens with two attached hydrogens (primary N) is 1. The normalized spacial score (nSPS) is 14.5. The van der Waals surface area contributed by atoms with E-state index in [4.69, 9.17) is 17.4 Å².